The van der Waals surface area contributed by atoms with Gasteiger partial charge in [-0.2, -0.15) is 0 Å². The second-order valence-electron chi connectivity index (χ2n) is 3.92. The smallest absolute Gasteiger partial charge is 0.322 e. The Morgan fingerprint density at radius 2 is 1.95 bits per heavy atom. The number of hydrogen-bond acceptors (Lipinski definition) is 5. The van der Waals surface area contributed by atoms with E-state index in [4.69, 9.17) is 19.9 Å². The maximum Gasteiger partial charge on any atom is 0.322 e. The summed E-state index contributed by atoms with van der Waals surface area (Å²) in [7, 11) is 0. The molecule has 0 heterocycles. The number of nitrogens with two attached hydrogens (primary N) is 1. The molecule has 19 heavy (non-hydrogen) atoms. The summed E-state index contributed by atoms with van der Waals surface area (Å²) in [6.07, 6.45) is 0.449. The van der Waals surface area contributed by atoms with Crippen LogP contribution < -0.4 is 10.5 Å². The van der Waals surface area contributed by atoms with E-state index in [1.54, 1.807) is 6.92 Å². The number of carbonyl (C=O) groups is 1. The van der Waals surface area contributed by atoms with Crippen LogP contribution >= 0.6 is 0 Å². The third kappa shape index (κ3) is 6.79. The SMILES string of the molecule is CCOC(=O)C(N)CCOCCOc1ccccc1. The van der Waals surface area contributed by atoms with E-state index in [0.29, 0.717) is 32.8 Å². The van der Waals surface area contributed by atoms with Crippen LogP contribution in [-0.4, -0.2) is 38.4 Å². The third-order valence-corrected chi connectivity index (χ3v) is 2.40. The quantitative estimate of drug-likeness (QED) is 0.540. The second-order valence-corrected chi connectivity index (χ2v) is 3.92. The van der Waals surface area contributed by atoms with E-state index in [9.17, 15) is 4.79 Å². The molecule has 0 amide bonds. The first-order chi connectivity index (χ1) is 9.24. The molecule has 1 aromatic rings. The number of esters is 1. The Kier molecular flexibility index (Phi) is 7.62. The Morgan fingerprint density at radius 3 is 2.63 bits per heavy atom. The van der Waals surface area contributed by atoms with Crippen LogP contribution in [0.3, 0.4) is 0 Å². The minimum Gasteiger partial charge on any atom is -0.491 e. The molecule has 5 nitrogen and oxygen atoms in total. The minimum atomic E-state index is -0.616. The fourth-order valence-electron chi connectivity index (χ4n) is 1.41. The molecule has 0 aromatic heterocycles. The highest BCUT2D eigenvalue weighted by Gasteiger charge is 2.13. The molecular weight excluding hydrogens is 246 g/mol. The highest BCUT2D eigenvalue weighted by molar-refractivity contribution is 5.75. The minimum absolute atomic E-state index is 0.346. The van der Waals surface area contributed by atoms with Crippen molar-refractivity contribution in [2.24, 2.45) is 5.73 Å². The van der Waals surface area contributed by atoms with Crippen LogP contribution in [0.15, 0.2) is 30.3 Å². The van der Waals surface area contributed by atoms with Crippen molar-refractivity contribution in [2.45, 2.75) is 19.4 Å². The van der Waals surface area contributed by atoms with Crippen LogP contribution in [0.2, 0.25) is 0 Å². The molecule has 0 aliphatic rings. The standard InChI is InChI=1S/C14H21NO4/c1-2-18-14(16)13(15)8-9-17-10-11-19-12-6-4-3-5-7-12/h3-7,13H,2,8-11,15H2,1H3. The predicted molar refractivity (Wildman–Crippen MR) is 72.0 cm³/mol. The van der Waals surface area contributed by atoms with Gasteiger partial charge in [0.2, 0.25) is 0 Å². The van der Waals surface area contributed by atoms with Crippen molar-refractivity contribution in [2.75, 3.05) is 26.4 Å². The first-order valence-corrected chi connectivity index (χ1v) is 6.42. The topological polar surface area (TPSA) is 70.8 Å². The maximum atomic E-state index is 11.2. The summed E-state index contributed by atoms with van der Waals surface area (Å²) in [5.74, 6) is 0.431. The zero-order valence-corrected chi connectivity index (χ0v) is 11.2. The molecule has 1 atom stereocenters. The van der Waals surface area contributed by atoms with Gasteiger partial charge in [-0.05, 0) is 25.5 Å². The molecule has 0 spiro atoms. The van der Waals surface area contributed by atoms with E-state index >= 15 is 0 Å². The summed E-state index contributed by atoms with van der Waals surface area (Å²) >= 11 is 0. The number of para-hydroxylation sites is 1. The van der Waals surface area contributed by atoms with Crippen molar-refractivity contribution in [3.63, 3.8) is 0 Å². The fourth-order valence-corrected chi connectivity index (χ4v) is 1.41. The van der Waals surface area contributed by atoms with Gasteiger partial charge < -0.3 is 19.9 Å². The van der Waals surface area contributed by atoms with Crippen molar-refractivity contribution >= 4 is 5.97 Å². The normalized spacial score (nSPS) is 11.9. The van der Waals surface area contributed by atoms with Gasteiger partial charge >= 0.3 is 5.97 Å². The molecule has 1 rings (SSSR count). The van der Waals surface area contributed by atoms with E-state index in [1.165, 1.54) is 0 Å². The van der Waals surface area contributed by atoms with Crippen LogP contribution in [0.4, 0.5) is 0 Å². The van der Waals surface area contributed by atoms with Crippen molar-refractivity contribution < 1.29 is 19.0 Å². The maximum absolute atomic E-state index is 11.2. The lowest BCUT2D eigenvalue weighted by Gasteiger charge is -2.11. The van der Waals surface area contributed by atoms with Gasteiger partial charge in [-0.1, -0.05) is 18.2 Å². The molecule has 1 aromatic carbocycles. The van der Waals surface area contributed by atoms with Gasteiger partial charge in [-0.3, -0.25) is 4.79 Å². The van der Waals surface area contributed by atoms with E-state index < -0.39 is 6.04 Å². The monoisotopic (exact) mass is 267 g/mol. The van der Waals surface area contributed by atoms with Gasteiger partial charge in [0.1, 0.15) is 18.4 Å². The lowest BCUT2D eigenvalue weighted by Crippen LogP contribution is -2.33. The van der Waals surface area contributed by atoms with Gasteiger partial charge in [-0.25, -0.2) is 0 Å². The van der Waals surface area contributed by atoms with E-state index in [2.05, 4.69) is 0 Å². The third-order valence-electron chi connectivity index (χ3n) is 2.40. The van der Waals surface area contributed by atoms with Gasteiger partial charge in [0.15, 0.2) is 0 Å². The highest BCUT2D eigenvalue weighted by atomic mass is 16.5. The lowest BCUT2D eigenvalue weighted by atomic mass is 10.2. The van der Waals surface area contributed by atoms with Crippen molar-refractivity contribution in [3.8, 4) is 5.75 Å². The Labute approximate surface area is 113 Å². The molecule has 1 unspecified atom stereocenters. The Morgan fingerprint density at radius 1 is 1.21 bits per heavy atom. The lowest BCUT2D eigenvalue weighted by molar-refractivity contribution is -0.145. The van der Waals surface area contributed by atoms with Crippen molar-refractivity contribution in [3.05, 3.63) is 30.3 Å². The second kappa shape index (κ2) is 9.35. The van der Waals surface area contributed by atoms with Crippen LogP contribution in [0.1, 0.15) is 13.3 Å². The molecule has 0 bridgehead atoms. The van der Waals surface area contributed by atoms with E-state index in [-0.39, 0.29) is 5.97 Å². The van der Waals surface area contributed by atoms with Crippen LogP contribution in [0.25, 0.3) is 0 Å². The van der Waals surface area contributed by atoms with Crippen molar-refractivity contribution in [1.29, 1.82) is 0 Å². The molecule has 0 aliphatic carbocycles. The molecule has 0 saturated heterocycles. The average molecular weight is 267 g/mol. The fraction of sp³-hybridized carbons (Fsp3) is 0.500. The van der Waals surface area contributed by atoms with Crippen LogP contribution in [0.5, 0.6) is 5.75 Å². The summed E-state index contributed by atoms with van der Waals surface area (Å²) in [6.45, 7) is 3.45. The Bertz CT molecular complexity index is 356. The van der Waals surface area contributed by atoms with Crippen molar-refractivity contribution in [1.82, 2.24) is 0 Å². The van der Waals surface area contributed by atoms with Gasteiger partial charge in [0.25, 0.3) is 0 Å². The van der Waals surface area contributed by atoms with E-state index in [0.717, 1.165) is 5.75 Å². The van der Waals surface area contributed by atoms with Crippen LogP contribution in [0, 0.1) is 0 Å². The zero-order valence-electron chi connectivity index (χ0n) is 11.2. The molecule has 5 heteroatoms. The predicted octanol–water partition coefficient (Wildman–Crippen LogP) is 1.36. The summed E-state index contributed by atoms with van der Waals surface area (Å²) in [6, 6.07) is 8.91. The van der Waals surface area contributed by atoms with Gasteiger partial charge in [0, 0.05) is 6.61 Å². The number of ether oxygens (including phenoxy) is 3. The average Bonchev–Trinajstić information content (AvgIpc) is 2.43. The number of rotatable bonds is 9. The summed E-state index contributed by atoms with van der Waals surface area (Å²) in [4.78, 5) is 11.2. The van der Waals surface area contributed by atoms with Crippen LogP contribution in [-0.2, 0) is 14.3 Å². The zero-order chi connectivity index (χ0) is 13.9. The molecular formula is C14H21NO4. The Hall–Kier alpha value is -1.59. The highest BCUT2D eigenvalue weighted by Crippen LogP contribution is 2.07. The molecule has 0 fully saturated rings. The number of carbonyl (C=O) groups excluding carboxylic acids is 1. The van der Waals surface area contributed by atoms with E-state index in [1.807, 2.05) is 30.3 Å². The number of benzene rings is 1. The molecule has 106 valence electrons. The largest absolute Gasteiger partial charge is 0.491 e. The number of hydrogen-bond donors (Lipinski definition) is 1. The molecule has 2 N–H and O–H groups in total. The van der Waals surface area contributed by atoms with Gasteiger partial charge in [-0.15, -0.1) is 0 Å². The van der Waals surface area contributed by atoms with Gasteiger partial charge in [0.05, 0.1) is 13.2 Å². The summed E-state index contributed by atoms with van der Waals surface area (Å²) in [5.41, 5.74) is 5.62. The Balaban J connectivity index is 2.01. The molecule has 0 saturated carbocycles. The molecule has 0 aliphatic heterocycles. The first kappa shape index (κ1) is 15.5. The summed E-state index contributed by atoms with van der Waals surface area (Å²) in [5, 5.41) is 0. The first-order valence-electron chi connectivity index (χ1n) is 6.42. The molecule has 0 radical (unpaired) electrons. The summed E-state index contributed by atoms with van der Waals surface area (Å²) < 4.78 is 15.6.